The molecule has 2 rings (SSSR count). The number of rotatable bonds is 5. The molecule has 0 spiro atoms. The molecule has 2 amide bonds. The Kier molecular flexibility index (Phi) is 5.94. The van der Waals surface area contributed by atoms with Crippen molar-refractivity contribution in [3.8, 4) is 5.75 Å². The Morgan fingerprint density at radius 2 is 1.37 bits per heavy atom. The fourth-order valence-corrected chi connectivity index (χ4v) is 2.59. The van der Waals surface area contributed by atoms with Gasteiger partial charge in [0.05, 0.1) is 7.11 Å². The largest absolute Gasteiger partial charge is 0.497 e. The number of amides is 2. The molecule has 2 N–H and O–H groups in total. The lowest BCUT2D eigenvalue weighted by atomic mass is 9.85. The number of carbonyl (C=O) groups is 2. The van der Waals surface area contributed by atoms with Crippen LogP contribution < -0.4 is 15.4 Å². The van der Waals surface area contributed by atoms with Crippen LogP contribution >= 0.6 is 0 Å². The molecule has 0 radical (unpaired) electrons. The molecule has 0 aliphatic rings. The number of anilines is 2. The maximum Gasteiger partial charge on any atom is 0.239 e. The topological polar surface area (TPSA) is 67.4 Å². The minimum Gasteiger partial charge on any atom is -0.497 e. The number of ether oxygens (including phenoxy) is 1. The minimum absolute atomic E-state index is 0.126. The fourth-order valence-electron chi connectivity index (χ4n) is 2.59. The summed E-state index contributed by atoms with van der Waals surface area (Å²) in [5.41, 5.74) is 0.978. The van der Waals surface area contributed by atoms with Gasteiger partial charge in [-0.1, -0.05) is 39.0 Å². The summed E-state index contributed by atoms with van der Waals surface area (Å²) in [4.78, 5) is 25.6. The molecule has 0 aromatic heterocycles. The number of benzene rings is 2. The molecule has 0 aliphatic carbocycles. The highest BCUT2D eigenvalue weighted by atomic mass is 16.5. The van der Waals surface area contributed by atoms with E-state index in [2.05, 4.69) is 31.4 Å². The minimum atomic E-state index is -1.25. The van der Waals surface area contributed by atoms with Gasteiger partial charge in [-0.3, -0.25) is 9.59 Å². The Labute approximate surface area is 161 Å². The van der Waals surface area contributed by atoms with E-state index in [1.807, 2.05) is 24.3 Å². The first-order valence-electron chi connectivity index (χ1n) is 8.92. The molecule has 0 atom stereocenters. The van der Waals surface area contributed by atoms with Crippen molar-refractivity contribution in [1.29, 1.82) is 0 Å². The SMILES string of the molecule is COc1ccc(NC(=O)C(C)(C)C(=O)Nc2ccccc2C(C)(C)C)cc1. The molecule has 5 nitrogen and oxygen atoms in total. The van der Waals surface area contributed by atoms with Gasteiger partial charge in [-0.15, -0.1) is 0 Å². The summed E-state index contributed by atoms with van der Waals surface area (Å²) >= 11 is 0. The molecule has 0 aliphatic heterocycles. The van der Waals surface area contributed by atoms with Crippen molar-refractivity contribution in [2.75, 3.05) is 17.7 Å². The number of nitrogens with one attached hydrogen (secondary N) is 2. The van der Waals surface area contributed by atoms with E-state index in [-0.39, 0.29) is 17.2 Å². The summed E-state index contributed by atoms with van der Waals surface area (Å²) in [6, 6.07) is 14.6. The van der Waals surface area contributed by atoms with Gasteiger partial charge in [-0.25, -0.2) is 0 Å². The summed E-state index contributed by atoms with van der Waals surface area (Å²) in [7, 11) is 1.58. The number of methoxy groups -OCH3 is 1. The van der Waals surface area contributed by atoms with Gasteiger partial charge in [0.2, 0.25) is 11.8 Å². The van der Waals surface area contributed by atoms with E-state index in [1.165, 1.54) is 0 Å². The Morgan fingerprint density at radius 3 is 1.93 bits per heavy atom. The van der Waals surface area contributed by atoms with Crippen molar-refractivity contribution in [2.45, 2.75) is 40.0 Å². The van der Waals surface area contributed by atoms with E-state index in [9.17, 15) is 9.59 Å². The highest BCUT2D eigenvalue weighted by molar-refractivity contribution is 6.14. The molecular weight excluding hydrogens is 340 g/mol. The van der Waals surface area contributed by atoms with Crippen molar-refractivity contribution >= 4 is 23.2 Å². The zero-order chi connectivity index (χ0) is 20.2. The number of hydrogen-bond donors (Lipinski definition) is 2. The van der Waals surface area contributed by atoms with Crippen LogP contribution in [0.15, 0.2) is 48.5 Å². The number of para-hydroxylation sites is 1. The third kappa shape index (κ3) is 4.88. The van der Waals surface area contributed by atoms with Crippen LogP contribution in [0.2, 0.25) is 0 Å². The van der Waals surface area contributed by atoms with Crippen LogP contribution in [-0.2, 0) is 15.0 Å². The molecule has 0 unspecified atom stereocenters. The maximum atomic E-state index is 12.9. The van der Waals surface area contributed by atoms with Crippen molar-refractivity contribution in [1.82, 2.24) is 0 Å². The predicted molar refractivity (Wildman–Crippen MR) is 109 cm³/mol. The van der Waals surface area contributed by atoms with E-state index in [0.29, 0.717) is 11.4 Å². The lowest BCUT2D eigenvalue weighted by Gasteiger charge is -2.26. The summed E-state index contributed by atoms with van der Waals surface area (Å²) in [5.74, 6) is -0.0348. The summed E-state index contributed by atoms with van der Waals surface area (Å²) in [5, 5.41) is 5.71. The average molecular weight is 368 g/mol. The first-order chi connectivity index (χ1) is 12.6. The second-order valence-electron chi connectivity index (χ2n) is 8.06. The molecule has 5 heteroatoms. The summed E-state index contributed by atoms with van der Waals surface area (Å²) < 4.78 is 5.11. The summed E-state index contributed by atoms with van der Waals surface area (Å²) in [6.45, 7) is 9.47. The molecule has 2 aromatic carbocycles. The van der Waals surface area contributed by atoms with Crippen molar-refractivity contribution in [3.63, 3.8) is 0 Å². The molecular formula is C22H28N2O3. The van der Waals surface area contributed by atoms with Crippen molar-refractivity contribution < 1.29 is 14.3 Å². The lowest BCUT2D eigenvalue weighted by Crippen LogP contribution is -2.42. The number of hydrogen-bond acceptors (Lipinski definition) is 3. The average Bonchev–Trinajstić information content (AvgIpc) is 2.61. The maximum absolute atomic E-state index is 12.9. The van der Waals surface area contributed by atoms with Crippen LogP contribution in [-0.4, -0.2) is 18.9 Å². The van der Waals surface area contributed by atoms with Gasteiger partial charge < -0.3 is 15.4 Å². The van der Waals surface area contributed by atoms with Gasteiger partial charge in [0.1, 0.15) is 11.2 Å². The Hall–Kier alpha value is -2.82. The van der Waals surface area contributed by atoms with Crippen LogP contribution in [0.1, 0.15) is 40.2 Å². The molecule has 0 bridgehead atoms. The number of carbonyl (C=O) groups excluding carboxylic acids is 2. The standard InChI is InChI=1S/C22H28N2O3/c1-21(2,3)17-9-7-8-10-18(17)24-20(26)22(4,5)19(25)23-15-11-13-16(27-6)14-12-15/h7-14H,1-6H3,(H,23,25)(H,24,26). The van der Waals surface area contributed by atoms with Crippen LogP contribution in [0.3, 0.4) is 0 Å². The molecule has 0 saturated heterocycles. The van der Waals surface area contributed by atoms with Crippen LogP contribution in [0.5, 0.6) is 5.75 Å². The van der Waals surface area contributed by atoms with E-state index >= 15 is 0 Å². The van der Waals surface area contributed by atoms with Crippen LogP contribution in [0, 0.1) is 5.41 Å². The van der Waals surface area contributed by atoms with Gasteiger partial charge in [-0.05, 0) is 55.2 Å². The fraction of sp³-hybridized carbons (Fsp3) is 0.364. The second-order valence-corrected chi connectivity index (χ2v) is 8.06. The third-order valence-corrected chi connectivity index (χ3v) is 4.47. The van der Waals surface area contributed by atoms with Crippen LogP contribution in [0.4, 0.5) is 11.4 Å². The molecule has 0 fully saturated rings. The molecule has 144 valence electrons. The monoisotopic (exact) mass is 368 g/mol. The van der Waals surface area contributed by atoms with Crippen LogP contribution in [0.25, 0.3) is 0 Å². The summed E-state index contributed by atoms with van der Waals surface area (Å²) in [6.07, 6.45) is 0. The Balaban J connectivity index is 2.15. The lowest BCUT2D eigenvalue weighted by molar-refractivity contribution is -0.135. The van der Waals surface area contributed by atoms with Gasteiger partial charge in [-0.2, -0.15) is 0 Å². The second kappa shape index (κ2) is 7.82. The third-order valence-electron chi connectivity index (χ3n) is 4.47. The van der Waals surface area contributed by atoms with E-state index < -0.39 is 5.41 Å². The van der Waals surface area contributed by atoms with Crippen molar-refractivity contribution in [2.24, 2.45) is 5.41 Å². The molecule has 0 saturated carbocycles. The quantitative estimate of drug-likeness (QED) is 0.758. The Morgan fingerprint density at radius 1 is 0.815 bits per heavy atom. The smallest absolute Gasteiger partial charge is 0.239 e. The van der Waals surface area contributed by atoms with Gasteiger partial charge in [0.15, 0.2) is 0 Å². The molecule has 2 aromatic rings. The first-order valence-corrected chi connectivity index (χ1v) is 8.92. The normalized spacial score (nSPS) is 11.6. The zero-order valence-electron chi connectivity index (χ0n) is 16.8. The first kappa shape index (κ1) is 20.5. The predicted octanol–water partition coefficient (Wildman–Crippen LogP) is 4.60. The highest BCUT2D eigenvalue weighted by Gasteiger charge is 2.36. The van der Waals surface area contributed by atoms with E-state index in [1.54, 1.807) is 45.2 Å². The zero-order valence-corrected chi connectivity index (χ0v) is 16.8. The molecule has 0 heterocycles. The highest BCUT2D eigenvalue weighted by Crippen LogP contribution is 2.31. The van der Waals surface area contributed by atoms with Crippen molar-refractivity contribution in [3.05, 3.63) is 54.1 Å². The Bertz CT molecular complexity index is 818. The van der Waals surface area contributed by atoms with E-state index in [0.717, 1.165) is 11.3 Å². The molecule has 27 heavy (non-hydrogen) atoms. The van der Waals surface area contributed by atoms with E-state index in [4.69, 9.17) is 4.74 Å². The van der Waals surface area contributed by atoms with Gasteiger partial charge in [0.25, 0.3) is 0 Å². The van der Waals surface area contributed by atoms with Gasteiger partial charge in [0, 0.05) is 11.4 Å². The van der Waals surface area contributed by atoms with Gasteiger partial charge >= 0.3 is 0 Å².